The van der Waals surface area contributed by atoms with Crippen molar-refractivity contribution in [3.05, 3.63) is 65.0 Å². The lowest BCUT2D eigenvalue weighted by atomic mass is 9.83. The summed E-state index contributed by atoms with van der Waals surface area (Å²) in [4.78, 5) is 33.0. The fourth-order valence-electron chi connectivity index (χ4n) is 7.28. The van der Waals surface area contributed by atoms with Gasteiger partial charge in [-0.05, 0) is 85.2 Å². The molecule has 0 bridgehead atoms. The molecule has 9 nitrogen and oxygen atoms in total. The number of carboxylic acid groups (broad SMARTS) is 1. The number of carbonyl (C=O) groups is 2. The number of aromatic nitrogens is 2. The number of piperidine rings is 1. The molecule has 0 atom stereocenters. The molecule has 2 aliphatic rings. The molecule has 1 saturated heterocycles. The van der Waals surface area contributed by atoms with Crippen LogP contribution in [0.15, 0.2) is 54.6 Å². The van der Waals surface area contributed by atoms with Crippen molar-refractivity contribution in [2.75, 3.05) is 27.3 Å². The first kappa shape index (κ1) is 31.2. The van der Waals surface area contributed by atoms with Crippen molar-refractivity contribution in [2.45, 2.75) is 63.5 Å². The smallest absolute Gasteiger partial charge is 0.345 e. The molecule has 3 aromatic heterocycles. The van der Waals surface area contributed by atoms with Crippen LogP contribution < -0.4 is 9.47 Å². The van der Waals surface area contributed by atoms with Gasteiger partial charge in [0.1, 0.15) is 11.4 Å². The summed E-state index contributed by atoms with van der Waals surface area (Å²) < 4.78 is 13.9. The molecule has 2 fully saturated rings. The molecule has 244 valence electrons. The average molecular weight is 654 g/mol. The van der Waals surface area contributed by atoms with E-state index >= 15 is 0 Å². The van der Waals surface area contributed by atoms with Crippen LogP contribution in [0.25, 0.3) is 43.6 Å². The quantitative estimate of drug-likeness (QED) is 0.180. The second kappa shape index (κ2) is 13.0. The first-order valence-electron chi connectivity index (χ1n) is 16.3. The van der Waals surface area contributed by atoms with E-state index in [9.17, 15) is 19.8 Å². The number of hydrogen-bond acceptors (Lipinski definition) is 7. The van der Waals surface area contributed by atoms with E-state index in [2.05, 4.69) is 22.8 Å². The standard InChI is InChI=1S/C37H39N3O6S/c1-45-30-13-10-24(19-31(30)46-2)28-11-8-23-18-25(9-12-27(23)38-28)35-34(22-6-4-3-5-7-22)36-29(20-32(47-36)37(43)44)40(35)21-33(42)39-16-14-26(41)15-17-39/h8-13,18-20,22,26,41H,3-7,14-17,21H2,1-2H3,(H,43,44). The van der Waals surface area contributed by atoms with Crippen molar-refractivity contribution < 1.29 is 29.3 Å². The number of aromatic carboxylic acids is 1. The predicted molar refractivity (Wildman–Crippen MR) is 184 cm³/mol. The Hall–Kier alpha value is -4.41. The summed E-state index contributed by atoms with van der Waals surface area (Å²) in [6.07, 6.45) is 6.29. The third-order valence-corrected chi connectivity index (χ3v) is 10.9. The third-order valence-electron chi connectivity index (χ3n) is 9.75. The molecule has 47 heavy (non-hydrogen) atoms. The maximum Gasteiger partial charge on any atom is 0.345 e. The number of ether oxygens (including phenoxy) is 2. The number of amides is 1. The Kier molecular flexibility index (Phi) is 8.63. The summed E-state index contributed by atoms with van der Waals surface area (Å²) in [5.41, 5.74) is 6.52. The molecule has 1 saturated carbocycles. The van der Waals surface area contributed by atoms with Crippen molar-refractivity contribution in [3.63, 3.8) is 0 Å². The van der Waals surface area contributed by atoms with Gasteiger partial charge < -0.3 is 29.2 Å². The van der Waals surface area contributed by atoms with Crippen LogP contribution in [0, 0.1) is 0 Å². The topological polar surface area (TPSA) is 114 Å². The average Bonchev–Trinajstić information content (AvgIpc) is 3.66. The molecular weight excluding hydrogens is 614 g/mol. The van der Waals surface area contributed by atoms with Crippen LogP contribution in [0.4, 0.5) is 0 Å². The van der Waals surface area contributed by atoms with Crippen molar-refractivity contribution in [3.8, 4) is 34.0 Å². The molecule has 10 heteroatoms. The maximum absolute atomic E-state index is 13.8. The fourth-order valence-corrected chi connectivity index (χ4v) is 8.40. The van der Waals surface area contributed by atoms with E-state index in [0.29, 0.717) is 37.4 Å². The highest BCUT2D eigenvalue weighted by atomic mass is 32.1. The number of aliphatic hydroxyl groups excluding tert-OH is 1. The van der Waals surface area contributed by atoms with E-state index in [1.807, 2.05) is 35.2 Å². The van der Waals surface area contributed by atoms with Crippen LogP contribution in [-0.4, -0.2) is 70.0 Å². The van der Waals surface area contributed by atoms with Crippen LogP contribution in [0.1, 0.15) is 66.1 Å². The zero-order valence-corrected chi connectivity index (χ0v) is 27.5. The Balaban J connectivity index is 1.35. The summed E-state index contributed by atoms with van der Waals surface area (Å²) in [5.74, 6) is 0.608. The molecule has 0 spiro atoms. The van der Waals surface area contributed by atoms with E-state index in [-0.39, 0.29) is 29.4 Å². The van der Waals surface area contributed by atoms with Crippen LogP contribution in [0.5, 0.6) is 11.5 Å². The number of thiophene rings is 1. The Morgan fingerprint density at radius 2 is 1.64 bits per heavy atom. The summed E-state index contributed by atoms with van der Waals surface area (Å²) >= 11 is 1.32. The lowest BCUT2D eigenvalue weighted by Crippen LogP contribution is -2.41. The number of carboxylic acids is 1. The van der Waals surface area contributed by atoms with Crippen LogP contribution in [-0.2, 0) is 11.3 Å². The van der Waals surface area contributed by atoms with Crippen molar-refractivity contribution in [1.82, 2.24) is 14.5 Å². The Morgan fingerprint density at radius 3 is 2.36 bits per heavy atom. The molecule has 5 aromatic rings. The van der Waals surface area contributed by atoms with Gasteiger partial charge in [0.15, 0.2) is 11.5 Å². The van der Waals surface area contributed by atoms with E-state index < -0.39 is 5.97 Å². The van der Waals surface area contributed by atoms with Crippen LogP contribution in [0.3, 0.4) is 0 Å². The van der Waals surface area contributed by atoms with Gasteiger partial charge in [-0.3, -0.25) is 4.79 Å². The van der Waals surface area contributed by atoms with E-state index in [1.165, 1.54) is 17.8 Å². The molecule has 7 rings (SSSR count). The second-order valence-corrected chi connectivity index (χ2v) is 13.7. The Labute approximate surface area is 277 Å². The van der Waals surface area contributed by atoms with E-state index in [4.69, 9.17) is 14.5 Å². The fraction of sp³-hybridized carbons (Fsp3) is 0.378. The largest absolute Gasteiger partial charge is 0.493 e. The number of pyridine rings is 1. The van der Waals surface area contributed by atoms with Gasteiger partial charge in [0, 0.05) is 24.0 Å². The first-order chi connectivity index (χ1) is 22.8. The van der Waals surface area contributed by atoms with Gasteiger partial charge in [-0.25, -0.2) is 9.78 Å². The number of aliphatic hydroxyl groups is 1. The predicted octanol–water partition coefficient (Wildman–Crippen LogP) is 7.33. The molecule has 1 amide bonds. The van der Waals surface area contributed by atoms with Gasteiger partial charge in [-0.1, -0.05) is 31.4 Å². The number of rotatable bonds is 8. The zero-order chi connectivity index (χ0) is 32.7. The first-order valence-corrected chi connectivity index (χ1v) is 17.1. The maximum atomic E-state index is 13.8. The summed E-state index contributed by atoms with van der Waals surface area (Å²) in [7, 11) is 3.23. The minimum absolute atomic E-state index is 0.0182. The Morgan fingerprint density at radius 1 is 0.894 bits per heavy atom. The van der Waals surface area contributed by atoms with E-state index in [1.54, 1.807) is 20.3 Å². The second-order valence-electron chi connectivity index (χ2n) is 12.6. The number of fused-ring (bicyclic) bond motifs is 2. The number of hydrogen-bond donors (Lipinski definition) is 2. The summed E-state index contributed by atoms with van der Waals surface area (Å²) in [5, 5.41) is 21.0. The Bertz CT molecular complexity index is 1970. The summed E-state index contributed by atoms with van der Waals surface area (Å²) in [6.45, 7) is 1.14. The van der Waals surface area contributed by atoms with Crippen LogP contribution in [0.2, 0.25) is 0 Å². The molecule has 1 aliphatic heterocycles. The monoisotopic (exact) mass is 653 g/mol. The summed E-state index contributed by atoms with van der Waals surface area (Å²) in [6, 6.07) is 17.8. The highest BCUT2D eigenvalue weighted by Gasteiger charge is 2.31. The number of methoxy groups -OCH3 is 2. The van der Waals surface area contributed by atoms with Gasteiger partial charge in [0.05, 0.1) is 47.4 Å². The molecule has 2 N–H and O–H groups in total. The number of benzene rings is 2. The number of likely N-dealkylation sites (tertiary alicyclic amines) is 1. The minimum Gasteiger partial charge on any atom is -0.493 e. The van der Waals surface area contributed by atoms with Crippen molar-refractivity contribution in [2.24, 2.45) is 0 Å². The molecule has 1 aliphatic carbocycles. The normalized spacial score (nSPS) is 16.2. The van der Waals surface area contributed by atoms with Crippen molar-refractivity contribution >= 4 is 44.3 Å². The SMILES string of the molecule is COc1ccc(-c2ccc3cc(-c4c(C5CCCCC5)c5sc(C(=O)O)cc5n4CC(=O)N4CCC(O)CC4)ccc3n2)cc1OC. The van der Waals surface area contributed by atoms with Gasteiger partial charge in [0.25, 0.3) is 0 Å². The highest BCUT2D eigenvalue weighted by Crippen LogP contribution is 2.47. The molecule has 4 heterocycles. The number of nitrogens with zero attached hydrogens (tertiary/aromatic N) is 3. The van der Waals surface area contributed by atoms with Gasteiger partial charge in [-0.15, -0.1) is 11.3 Å². The molecular formula is C37H39N3O6S. The van der Waals surface area contributed by atoms with E-state index in [0.717, 1.165) is 74.9 Å². The van der Waals surface area contributed by atoms with Crippen LogP contribution >= 0.6 is 11.3 Å². The highest BCUT2D eigenvalue weighted by molar-refractivity contribution is 7.21. The zero-order valence-electron chi connectivity index (χ0n) is 26.7. The third kappa shape index (κ3) is 5.96. The molecule has 2 aromatic carbocycles. The van der Waals surface area contributed by atoms with Crippen molar-refractivity contribution in [1.29, 1.82) is 0 Å². The van der Waals surface area contributed by atoms with Gasteiger partial charge in [-0.2, -0.15) is 0 Å². The van der Waals surface area contributed by atoms with Gasteiger partial charge in [0.2, 0.25) is 5.91 Å². The minimum atomic E-state index is -0.952. The molecule has 0 unspecified atom stereocenters. The lowest BCUT2D eigenvalue weighted by molar-refractivity contribution is -0.133. The van der Waals surface area contributed by atoms with Gasteiger partial charge >= 0.3 is 5.97 Å². The number of carbonyl (C=O) groups excluding carboxylic acids is 1. The lowest BCUT2D eigenvalue weighted by Gasteiger charge is -2.30. The molecule has 0 radical (unpaired) electrons.